The molecule has 0 radical (unpaired) electrons. The first-order chi connectivity index (χ1) is 12.4. The summed E-state index contributed by atoms with van der Waals surface area (Å²) in [7, 11) is 0. The van der Waals surface area contributed by atoms with Crippen molar-refractivity contribution in [2.75, 3.05) is 26.2 Å². The number of nitrogens with zero attached hydrogens (tertiary/aromatic N) is 2. The van der Waals surface area contributed by atoms with Crippen LogP contribution in [0.15, 0.2) is 30.3 Å². The number of carbonyl (C=O) groups excluding carboxylic acids is 1. The summed E-state index contributed by atoms with van der Waals surface area (Å²) in [5.74, 6) is -0.0474. The molecule has 1 unspecified atom stereocenters. The normalized spacial score (nSPS) is 22.3. The molecule has 3 nitrogen and oxygen atoms in total. The smallest absolute Gasteiger partial charge is 0.335 e. The van der Waals surface area contributed by atoms with E-state index in [0.29, 0.717) is 5.56 Å². The van der Waals surface area contributed by atoms with Crippen molar-refractivity contribution < 1.29 is 18.0 Å². The second-order valence-electron chi connectivity index (χ2n) is 7.14. The zero-order valence-corrected chi connectivity index (χ0v) is 14.8. The molecule has 0 N–H and O–H groups in total. The molecule has 0 saturated carbocycles. The van der Waals surface area contributed by atoms with Gasteiger partial charge < -0.3 is 9.80 Å². The van der Waals surface area contributed by atoms with E-state index in [1.807, 2.05) is 4.90 Å². The Morgan fingerprint density at radius 3 is 2.35 bits per heavy atom. The average Bonchev–Trinajstić information content (AvgIpc) is 3.13. The van der Waals surface area contributed by atoms with Gasteiger partial charge in [0.25, 0.3) is 0 Å². The van der Waals surface area contributed by atoms with Crippen LogP contribution >= 0.6 is 0 Å². The van der Waals surface area contributed by atoms with Crippen molar-refractivity contribution in [2.24, 2.45) is 0 Å². The number of hydrogen-bond donors (Lipinski definition) is 0. The SMILES string of the molecule is O=C(/C=C/c1ccc(C(F)(F)F)cc1)N1CCCCC1CN1CCCC1. The Hall–Kier alpha value is -1.82. The molecule has 0 aliphatic carbocycles. The lowest BCUT2D eigenvalue weighted by Gasteiger charge is -2.37. The maximum Gasteiger partial charge on any atom is 0.416 e. The highest BCUT2D eigenvalue weighted by Gasteiger charge is 2.30. The molecule has 0 spiro atoms. The van der Waals surface area contributed by atoms with Gasteiger partial charge in [-0.05, 0) is 69.0 Å². The standard InChI is InChI=1S/C20H25F3N2O/c21-20(22,23)17-9-6-16(7-10-17)8-11-19(26)25-14-2-1-5-18(25)15-24-12-3-4-13-24/h6-11,18H,1-5,12-15H2/b11-8+. The monoisotopic (exact) mass is 366 g/mol. The van der Waals surface area contributed by atoms with E-state index in [1.165, 1.54) is 31.1 Å². The van der Waals surface area contributed by atoms with Crippen LogP contribution in [0.25, 0.3) is 6.08 Å². The van der Waals surface area contributed by atoms with Gasteiger partial charge in [0.05, 0.1) is 5.56 Å². The molecule has 142 valence electrons. The highest BCUT2D eigenvalue weighted by atomic mass is 19.4. The van der Waals surface area contributed by atoms with Crippen LogP contribution < -0.4 is 0 Å². The number of likely N-dealkylation sites (tertiary alicyclic amines) is 2. The number of alkyl halides is 3. The first-order valence-corrected chi connectivity index (χ1v) is 9.32. The van der Waals surface area contributed by atoms with E-state index in [1.54, 1.807) is 6.08 Å². The first kappa shape index (κ1) is 19.0. The third-order valence-electron chi connectivity index (χ3n) is 5.23. The zero-order chi connectivity index (χ0) is 18.6. The summed E-state index contributed by atoms with van der Waals surface area (Å²) in [4.78, 5) is 17.0. The van der Waals surface area contributed by atoms with Crippen molar-refractivity contribution in [3.63, 3.8) is 0 Å². The second-order valence-corrected chi connectivity index (χ2v) is 7.14. The molecule has 1 amide bonds. The van der Waals surface area contributed by atoms with Crippen LogP contribution in [0.1, 0.15) is 43.2 Å². The molecular weight excluding hydrogens is 341 g/mol. The second kappa shape index (κ2) is 8.25. The summed E-state index contributed by atoms with van der Waals surface area (Å²) in [5, 5.41) is 0. The van der Waals surface area contributed by atoms with Crippen molar-refractivity contribution >= 4 is 12.0 Å². The van der Waals surface area contributed by atoms with Gasteiger partial charge in [-0.1, -0.05) is 12.1 Å². The number of benzene rings is 1. The van der Waals surface area contributed by atoms with Gasteiger partial charge in [-0.2, -0.15) is 13.2 Å². The Morgan fingerprint density at radius 1 is 1.04 bits per heavy atom. The molecular formula is C20H25F3N2O. The number of hydrogen-bond acceptors (Lipinski definition) is 2. The fraction of sp³-hybridized carbons (Fsp3) is 0.550. The molecule has 3 rings (SSSR count). The van der Waals surface area contributed by atoms with Crippen LogP contribution in [0.5, 0.6) is 0 Å². The topological polar surface area (TPSA) is 23.6 Å². The predicted octanol–water partition coefficient (Wildman–Crippen LogP) is 4.20. The van der Waals surface area contributed by atoms with Gasteiger partial charge in [0.2, 0.25) is 5.91 Å². The van der Waals surface area contributed by atoms with Crippen LogP contribution in [0.4, 0.5) is 13.2 Å². The van der Waals surface area contributed by atoms with Gasteiger partial charge in [-0.3, -0.25) is 4.79 Å². The van der Waals surface area contributed by atoms with Crippen LogP contribution in [-0.2, 0) is 11.0 Å². The van der Waals surface area contributed by atoms with E-state index in [-0.39, 0.29) is 11.9 Å². The molecule has 2 heterocycles. The Balaban J connectivity index is 1.62. The minimum atomic E-state index is -4.34. The maximum absolute atomic E-state index is 12.6. The molecule has 2 fully saturated rings. The molecule has 2 saturated heterocycles. The lowest BCUT2D eigenvalue weighted by Crippen LogP contribution is -2.48. The van der Waals surface area contributed by atoms with Gasteiger partial charge in [0, 0.05) is 25.2 Å². The van der Waals surface area contributed by atoms with Gasteiger partial charge >= 0.3 is 6.18 Å². The number of amides is 1. The number of carbonyl (C=O) groups is 1. The molecule has 2 aliphatic heterocycles. The lowest BCUT2D eigenvalue weighted by atomic mass is 10.0. The first-order valence-electron chi connectivity index (χ1n) is 9.32. The van der Waals surface area contributed by atoms with E-state index in [4.69, 9.17) is 0 Å². The minimum absolute atomic E-state index is 0.0474. The van der Waals surface area contributed by atoms with Crippen LogP contribution in [0, 0.1) is 0 Å². The largest absolute Gasteiger partial charge is 0.416 e. The summed E-state index contributed by atoms with van der Waals surface area (Å²) in [6, 6.07) is 5.11. The van der Waals surface area contributed by atoms with E-state index in [9.17, 15) is 18.0 Å². The summed E-state index contributed by atoms with van der Waals surface area (Å²) in [6.07, 6.45) is 4.39. The summed E-state index contributed by atoms with van der Waals surface area (Å²) in [6.45, 7) is 3.91. The highest BCUT2D eigenvalue weighted by molar-refractivity contribution is 5.92. The summed E-state index contributed by atoms with van der Waals surface area (Å²) >= 11 is 0. The number of rotatable bonds is 4. The Kier molecular flexibility index (Phi) is 6.01. The Labute approximate surface area is 152 Å². The fourth-order valence-electron chi connectivity index (χ4n) is 3.79. The van der Waals surface area contributed by atoms with E-state index >= 15 is 0 Å². The Bertz CT molecular complexity index is 633. The lowest BCUT2D eigenvalue weighted by molar-refractivity contribution is -0.137. The quantitative estimate of drug-likeness (QED) is 0.746. The summed E-state index contributed by atoms with van der Waals surface area (Å²) < 4.78 is 37.8. The molecule has 1 aromatic rings. The molecule has 0 aromatic heterocycles. The maximum atomic E-state index is 12.6. The van der Waals surface area contributed by atoms with Gasteiger partial charge in [-0.15, -0.1) is 0 Å². The third-order valence-corrected chi connectivity index (χ3v) is 5.23. The van der Waals surface area contributed by atoms with Crippen LogP contribution in [0.3, 0.4) is 0 Å². The zero-order valence-electron chi connectivity index (χ0n) is 14.8. The van der Waals surface area contributed by atoms with Crippen molar-refractivity contribution in [3.05, 3.63) is 41.5 Å². The fourth-order valence-corrected chi connectivity index (χ4v) is 3.79. The highest BCUT2D eigenvalue weighted by Crippen LogP contribution is 2.29. The predicted molar refractivity (Wildman–Crippen MR) is 95.5 cm³/mol. The van der Waals surface area contributed by atoms with Crippen LogP contribution in [0.2, 0.25) is 0 Å². The molecule has 6 heteroatoms. The average molecular weight is 366 g/mol. The number of piperidine rings is 1. The van der Waals surface area contributed by atoms with E-state index in [0.717, 1.165) is 57.6 Å². The third kappa shape index (κ3) is 4.87. The van der Waals surface area contributed by atoms with Crippen molar-refractivity contribution in [1.82, 2.24) is 9.80 Å². The molecule has 2 aliphatic rings. The molecule has 1 atom stereocenters. The van der Waals surface area contributed by atoms with Crippen molar-refractivity contribution in [2.45, 2.75) is 44.3 Å². The molecule has 0 bridgehead atoms. The van der Waals surface area contributed by atoms with Crippen LogP contribution in [-0.4, -0.2) is 47.9 Å². The van der Waals surface area contributed by atoms with E-state index in [2.05, 4.69) is 4.90 Å². The Morgan fingerprint density at radius 2 is 1.69 bits per heavy atom. The molecule has 26 heavy (non-hydrogen) atoms. The summed E-state index contributed by atoms with van der Waals surface area (Å²) in [5.41, 5.74) is -0.0814. The van der Waals surface area contributed by atoms with Gasteiger partial charge in [0.1, 0.15) is 0 Å². The van der Waals surface area contributed by atoms with Gasteiger partial charge in [-0.25, -0.2) is 0 Å². The van der Waals surface area contributed by atoms with E-state index < -0.39 is 11.7 Å². The number of halogens is 3. The van der Waals surface area contributed by atoms with Crippen molar-refractivity contribution in [1.29, 1.82) is 0 Å². The van der Waals surface area contributed by atoms with Crippen molar-refractivity contribution in [3.8, 4) is 0 Å². The van der Waals surface area contributed by atoms with Gasteiger partial charge in [0.15, 0.2) is 0 Å². The molecule has 1 aromatic carbocycles. The minimum Gasteiger partial charge on any atom is -0.335 e.